The Hall–Kier alpha value is 0.140. The van der Waals surface area contributed by atoms with Crippen LogP contribution < -0.4 is 29.6 Å². The summed E-state index contributed by atoms with van der Waals surface area (Å²) in [6.07, 6.45) is 0. The summed E-state index contributed by atoms with van der Waals surface area (Å²) in [5.41, 5.74) is 0. The fourth-order valence-corrected chi connectivity index (χ4v) is 0. The first kappa shape index (κ1) is 15.7. The predicted octanol–water partition coefficient (Wildman–Crippen LogP) is -2.98. The minimum atomic E-state index is -0.833. The zero-order chi connectivity index (χ0) is 5.58. The molecule has 0 aromatic carbocycles. The van der Waals surface area contributed by atoms with E-state index in [1.165, 1.54) is 0 Å². The molecule has 0 heterocycles. The van der Waals surface area contributed by atoms with Crippen LogP contribution in [0.25, 0.3) is 0 Å². The van der Waals surface area contributed by atoms with Crippen LogP contribution in [0.5, 0.6) is 0 Å². The SMILES string of the molecule is C=O.CC(=O)O.[H-].[Na+]. The molecular formula is C3H7NaO3. The molecule has 0 rings (SSSR count). The van der Waals surface area contributed by atoms with Gasteiger partial charge in [0, 0.05) is 6.92 Å². The van der Waals surface area contributed by atoms with Gasteiger partial charge in [0.1, 0.15) is 6.79 Å². The van der Waals surface area contributed by atoms with Crippen molar-refractivity contribution in [3.63, 3.8) is 0 Å². The summed E-state index contributed by atoms with van der Waals surface area (Å²) in [6.45, 7) is 3.08. The molecule has 0 aromatic rings. The molecule has 0 amide bonds. The standard InChI is InChI=1S/C2H4O2.CH2O.Na.H/c1-2(3)4;1-2;;/h1H3,(H,3,4);1H2;;/q;;+1;-1. The van der Waals surface area contributed by atoms with Gasteiger partial charge in [0.25, 0.3) is 5.97 Å². The Morgan fingerprint density at radius 2 is 1.71 bits per heavy atom. The zero-order valence-electron chi connectivity index (χ0n) is 5.47. The largest absolute Gasteiger partial charge is 1.00 e. The smallest absolute Gasteiger partial charge is 1.00 e. The van der Waals surface area contributed by atoms with Gasteiger partial charge in [-0.25, -0.2) is 0 Å². The molecule has 0 fully saturated rings. The normalized spacial score (nSPS) is 4.14. The van der Waals surface area contributed by atoms with Gasteiger partial charge in [0.15, 0.2) is 0 Å². The maximum Gasteiger partial charge on any atom is 1.00 e. The van der Waals surface area contributed by atoms with Gasteiger partial charge in [0.05, 0.1) is 0 Å². The van der Waals surface area contributed by atoms with E-state index < -0.39 is 5.97 Å². The molecule has 0 saturated carbocycles. The average Bonchev–Trinajstić information content (AvgIpc) is 1.41. The second kappa shape index (κ2) is 16.5. The Labute approximate surface area is 65.5 Å². The van der Waals surface area contributed by atoms with Crippen LogP contribution in [0, 0.1) is 0 Å². The molecule has 0 aliphatic carbocycles. The molecule has 0 aliphatic heterocycles. The molecule has 0 spiro atoms. The molecule has 1 N–H and O–H groups in total. The summed E-state index contributed by atoms with van der Waals surface area (Å²) in [5.74, 6) is -0.833. The Morgan fingerprint density at radius 1 is 1.71 bits per heavy atom. The molecule has 7 heavy (non-hydrogen) atoms. The van der Waals surface area contributed by atoms with Gasteiger partial charge in [-0.15, -0.1) is 0 Å². The number of carbonyl (C=O) groups is 2. The molecule has 0 aliphatic rings. The fourth-order valence-electron chi connectivity index (χ4n) is 0. The first-order chi connectivity index (χ1) is 2.73. The monoisotopic (exact) mass is 114 g/mol. The third-order valence-electron chi connectivity index (χ3n) is 0. The summed E-state index contributed by atoms with van der Waals surface area (Å²) in [5, 5.41) is 7.42. The van der Waals surface area contributed by atoms with Crippen molar-refractivity contribution in [2.75, 3.05) is 0 Å². The third kappa shape index (κ3) is 5370. The Kier molecular flexibility index (Phi) is 36.9. The molecule has 38 valence electrons. The van der Waals surface area contributed by atoms with Crippen molar-refractivity contribution in [3.05, 3.63) is 0 Å². The van der Waals surface area contributed by atoms with E-state index in [9.17, 15) is 0 Å². The molecular weight excluding hydrogens is 107 g/mol. The van der Waals surface area contributed by atoms with E-state index in [-0.39, 0.29) is 31.0 Å². The number of aliphatic carboxylic acids is 1. The van der Waals surface area contributed by atoms with Gasteiger partial charge >= 0.3 is 29.6 Å². The number of carbonyl (C=O) groups excluding carboxylic acids is 1. The van der Waals surface area contributed by atoms with Crippen LogP contribution >= 0.6 is 0 Å². The van der Waals surface area contributed by atoms with Crippen molar-refractivity contribution in [1.82, 2.24) is 0 Å². The molecule has 0 bridgehead atoms. The second-order valence-electron chi connectivity index (χ2n) is 0.519. The number of hydrogen-bond donors (Lipinski definition) is 1. The van der Waals surface area contributed by atoms with Gasteiger partial charge in [-0.1, -0.05) is 0 Å². The van der Waals surface area contributed by atoms with Gasteiger partial charge in [-0.05, 0) is 0 Å². The van der Waals surface area contributed by atoms with E-state index in [0.29, 0.717) is 0 Å². The number of carboxylic acid groups (broad SMARTS) is 1. The topological polar surface area (TPSA) is 54.4 Å². The van der Waals surface area contributed by atoms with Crippen LogP contribution in [0.2, 0.25) is 0 Å². The summed E-state index contributed by atoms with van der Waals surface area (Å²) in [6, 6.07) is 0. The molecule has 3 nitrogen and oxygen atoms in total. The van der Waals surface area contributed by atoms with Gasteiger partial charge in [0.2, 0.25) is 0 Å². The van der Waals surface area contributed by atoms with E-state index in [1.807, 2.05) is 6.79 Å². The van der Waals surface area contributed by atoms with Crippen LogP contribution in [0.15, 0.2) is 0 Å². The molecule has 0 atom stereocenters. The van der Waals surface area contributed by atoms with Crippen molar-refractivity contribution in [1.29, 1.82) is 0 Å². The summed E-state index contributed by atoms with van der Waals surface area (Å²) in [4.78, 5) is 17.0. The molecule has 0 unspecified atom stereocenters. The maximum atomic E-state index is 9.00. The van der Waals surface area contributed by atoms with E-state index >= 15 is 0 Å². The number of rotatable bonds is 0. The molecule has 0 saturated heterocycles. The number of carboxylic acids is 1. The van der Waals surface area contributed by atoms with Gasteiger partial charge < -0.3 is 11.3 Å². The minimum Gasteiger partial charge on any atom is -1.00 e. The van der Waals surface area contributed by atoms with Crippen molar-refractivity contribution >= 4 is 12.8 Å². The van der Waals surface area contributed by atoms with E-state index in [0.717, 1.165) is 6.92 Å². The maximum absolute atomic E-state index is 9.00. The second-order valence-corrected chi connectivity index (χ2v) is 0.519. The van der Waals surface area contributed by atoms with E-state index in [4.69, 9.17) is 14.7 Å². The van der Waals surface area contributed by atoms with Crippen molar-refractivity contribution < 1.29 is 45.7 Å². The van der Waals surface area contributed by atoms with Crippen LogP contribution in [-0.4, -0.2) is 17.9 Å². The van der Waals surface area contributed by atoms with Crippen LogP contribution in [0.3, 0.4) is 0 Å². The molecule has 4 heteroatoms. The first-order valence-electron chi connectivity index (χ1n) is 1.22. The average molecular weight is 114 g/mol. The Bertz CT molecular complexity index is 45.8. The fraction of sp³-hybridized carbons (Fsp3) is 0.333. The minimum absolute atomic E-state index is 0. The van der Waals surface area contributed by atoms with Crippen molar-refractivity contribution in [3.8, 4) is 0 Å². The molecule has 0 aromatic heterocycles. The quantitative estimate of drug-likeness (QED) is 0.342. The van der Waals surface area contributed by atoms with E-state index in [2.05, 4.69) is 0 Å². The third-order valence-corrected chi connectivity index (χ3v) is 0. The summed E-state index contributed by atoms with van der Waals surface area (Å²) < 4.78 is 0. The first-order valence-corrected chi connectivity index (χ1v) is 1.22. The predicted molar refractivity (Wildman–Crippen MR) is 21.5 cm³/mol. The van der Waals surface area contributed by atoms with Crippen LogP contribution in [-0.2, 0) is 9.59 Å². The van der Waals surface area contributed by atoms with Crippen LogP contribution in [0.4, 0.5) is 0 Å². The van der Waals surface area contributed by atoms with Gasteiger partial charge in [-0.3, -0.25) is 4.79 Å². The number of hydrogen-bond acceptors (Lipinski definition) is 2. The summed E-state index contributed by atoms with van der Waals surface area (Å²) >= 11 is 0. The van der Waals surface area contributed by atoms with Crippen molar-refractivity contribution in [2.24, 2.45) is 0 Å². The Balaban J connectivity index is -0.0000000183. The van der Waals surface area contributed by atoms with Crippen molar-refractivity contribution in [2.45, 2.75) is 6.92 Å². The Morgan fingerprint density at radius 3 is 1.71 bits per heavy atom. The van der Waals surface area contributed by atoms with Gasteiger partial charge in [-0.2, -0.15) is 0 Å². The van der Waals surface area contributed by atoms with Crippen LogP contribution in [0.1, 0.15) is 8.35 Å². The molecule has 0 radical (unpaired) electrons. The van der Waals surface area contributed by atoms with E-state index in [1.54, 1.807) is 0 Å². The zero-order valence-corrected chi connectivity index (χ0v) is 6.47. The summed E-state index contributed by atoms with van der Waals surface area (Å²) in [7, 11) is 0.